The fourth-order valence-corrected chi connectivity index (χ4v) is 4.49. The van der Waals surface area contributed by atoms with Crippen molar-refractivity contribution in [2.75, 3.05) is 0 Å². The highest BCUT2D eigenvalue weighted by molar-refractivity contribution is 7.12. The molecule has 21 heavy (non-hydrogen) atoms. The van der Waals surface area contributed by atoms with Gasteiger partial charge in [0.2, 0.25) is 0 Å². The van der Waals surface area contributed by atoms with Crippen molar-refractivity contribution in [1.29, 1.82) is 0 Å². The first-order chi connectivity index (χ1) is 10.1. The normalized spacial score (nSPS) is 17.3. The van der Waals surface area contributed by atoms with Crippen LogP contribution in [0.25, 0.3) is 0 Å². The smallest absolute Gasteiger partial charge is 0.0391 e. The third kappa shape index (κ3) is 3.38. The van der Waals surface area contributed by atoms with Crippen LogP contribution in [-0.2, 0) is 12.8 Å². The number of hydrogen-bond acceptors (Lipinski definition) is 2. The van der Waals surface area contributed by atoms with Crippen LogP contribution in [0.1, 0.15) is 65.2 Å². The van der Waals surface area contributed by atoms with Gasteiger partial charge in [-0.3, -0.25) is 0 Å². The van der Waals surface area contributed by atoms with E-state index >= 15 is 0 Å². The van der Waals surface area contributed by atoms with Crippen molar-refractivity contribution >= 4 is 11.3 Å². The minimum absolute atomic E-state index is 0.388. The van der Waals surface area contributed by atoms with Crippen molar-refractivity contribution in [1.82, 2.24) is 5.32 Å². The van der Waals surface area contributed by atoms with Crippen LogP contribution < -0.4 is 5.32 Å². The van der Waals surface area contributed by atoms with Crippen LogP contribution in [0.2, 0.25) is 0 Å². The van der Waals surface area contributed by atoms with E-state index < -0.39 is 0 Å². The summed E-state index contributed by atoms with van der Waals surface area (Å²) in [5.41, 5.74) is 4.32. The SMILES string of the molecule is Cc1cccc([C@@H](C)NC(C)c2cc3c(s2)CCCC3)c1. The van der Waals surface area contributed by atoms with E-state index in [1.807, 2.05) is 11.3 Å². The summed E-state index contributed by atoms with van der Waals surface area (Å²) >= 11 is 2.02. The Morgan fingerprint density at radius 2 is 1.86 bits per heavy atom. The van der Waals surface area contributed by atoms with E-state index in [1.54, 1.807) is 10.4 Å². The third-order valence-electron chi connectivity index (χ3n) is 4.48. The molecule has 0 aliphatic heterocycles. The van der Waals surface area contributed by atoms with Crippen molar-refractivity contribution in [2.45, 2.75) is 58.5 Å². The van der Waals surface area contributed by atoms with Gasteiger partial charge in [-0.2, -0.15) is 0 Å². The van der Waals surface area contributed by atoms with Crippen LogP contribution in [-0.4, -0.2) is 0 Å². The van der Waals surface area contributed by atoms with Crippen LogP contribution >= 0.6 is 11.3 Å². The van der Waals surface area contributed by atoms with Crippen molar-refractivity contribution < 1.29 is 0 Å². The fraction of sp³-hybridized carbons (Fsp3) is 0.474. The van der Waals surface area contributed by atoms with Gasteiger partial charge in [-0.05, 0) is 63.6 Å². The summed E-state index contributed by atoms with van der Waals surface area (Å²) in [6, 6.07) is 12.1. The molecule has 2 heteroatoms. The van der Waals surface area contributed by atoms with Crippen LogP contribution in [0.3, 0.4) is 0 Å². The predicted molar refractivity (Wildman–Crippen MR) is 92.1 cm³/mol. The molecule has 1 aliphatic carbocycles. The second-order valence-electron chi connectivity index (χ2n) is 6.33. The molecule has 112 valence electrons. The summed E-state index contributed by atoms with van der Waals surface area (Å²) < 4.78 is 0. The summed E-state index contributed by atoms with van der Waals surface area (Å²) in [6.07, 6.45) is 5.31. The van der Waals surface area contributed by atoms with E-state index in [0.717, 1.165) is 0 Å². The summed E-state index contributed by atoms with van der Waals surface area (Å²) in [6.45, 7) is 6.72. The van der Waals surface area contributed by atoms with E-state index in [2.05, 4.69) is 56.4 Å². The lowest BCUT2D eigenvalue weighted by molar-refractivity contribution is 0.500. The highest BCUT2D eigenvalue weighted by Crippen LogP contribution is 2.33. The maximum absolute atomic E-state index is 3.76. The molecule has 0 radical (unpaired) electrons. The lowest BCUT2D eigenvalue weighted by atomic mass is 9.99. The minimum Gasteiger partial charge on any atom is -0.303 e. The lowest BCUT2D eigenvalue weighted by Crippen LogP contribution is -2.21. The third-order valence-corrected chi connectivity index (χ3v) is 5.90. The number of nitrogens with one attached hydrogen (secondary N) is 1. The molecule has 2 aromatic rings. The van der Waals surface area contributed by atoms with Gasteiger partial charge in [0.15, 0.2) is 0 Å². The Labute approximate surface area is 132 Å². The molecular formula is C19H25NS. The maximum atomic E-state index is 3.76. The van der Waals surface area contributed by atoms with Gasteiger partial charge in [-0.15, -0.1) is 11.3 Å². The summed E-state index contributed by atoms with van der Waals surface area (Å²) in [5.74, 6) is 0. The standard InChI is InChI=1S/C19H25NS/c1-13-7-6-9-16(11-13)14(2)20-15(3)19-12-17-8-4-5-10-18(17)21-19/h6-7,9,11-12,14-15,20H,4-5,8,10H2,1-3H3/t14-,15?/m1/s1. The highest BCUT2D eigenvalue weighted by atomic mass is 32.1. The quantitative estimate of drug-likeness (QED) is 0.802. The number of thiophene rings is 1. The Bertz CT molecular complexity index is 590. The van der Waals surface area contributed by atoms with E-state index in [4.69, 9.17) is 0 Å². The molecule has 0 fully saturated rings. The molecule has 0 bridgehead atoms. The average molecular weight is 299 g/mol. The molecule has 1 aromatic heterocycles. The molecule has 1 aliphatic rings. The van der Waals surface area contributed by atoms with Gasteiger partial charge in [0, 0.05) is 21.8 Å². The predicted octanol–water partition coefficient (Wildman–Crippen LogP) is 5.35. The zero-order valence-electron chi connectivity index (χ0n) is 13.3. The Hall–Kier alpha value is -1.12. The van der Waals surface area contributed by atoms with Gasteiger partial charge in [-0.1, -0.05) is 29.8 Å². The Morgan fingerprint density at radius 1 is 1.05 bits per heavy atom. The zero-order chi connectivity index (χ0) is 14.8. The van der Waals surface area contributed by atoms with Crippen LogP contribution in [0.5, 0.6) is 0 Å². The van der Waals surface area contributed by atoms with E-state index in [1.165, 1.54) is 41.7 Å². The first kappa shape index (κ1) is 14.8. The van der Waals surface area contributed by atoms with Crippen LogP contribution in [0, 0.1) is 6.92 Å². The minimum atomic E-state index is 0.388. The van der Waals surface area contributed by atoms with Gasteiger partial charge in [0.25, 0.3) is 0 Å². The molecule has 3 rings (SSSR count). The summed E-state index contributed by atoms with van der Waals surface area (Å²) in [5, 5.41) is 3.76. The van der Waals surface area contributed by atoms with E-state index in [-0.39, 0.29) is 0 Å². The number of benzene rings is 1. The zero-order valence-corrected chi connectivity index (χ0v) is 14.1. The molecule has 1 unspecified atom stereocenters. The van der Waals surface area contributed by atoms with Crippen LogP contribution in [0.4, 0.5) is 0 Å². The number of aryl methyl sites for hydroxylation is 3. The number of fused-ring (bicyclic) bond motifs is 1. The molecule has 1 N–H and O–H groups in total. The Morgan fingerprint density at radius 3 is 2.62 bits per heavy atom. The largest absolute Gasteiger partial charge is 0.303 e. The summed E-state index contributed by atoms with van der Waals surface area (Å²) in [4.78, 5) is 3.13. The molecule has 0 saturated heterocycles. The van der Waals surface area contributed by atoms with Gasteiger partial charge in [-0.25, -0.2) is 0 Å². The van der Waals surface area contributed by atoms with Gasteiger partial charge < -0.3 is 5.32 Å². The lowest BCUT2D eigenvalue weighted by Gasteiger charge is -2.20. The average Bonchev–Trinajstić information content (AvgIpc) is 2.91. The first-order valence-electron chi connectivity index (χ1n) is 8.07. The van der Waals surface area contributed by atoms with Crippen molar-refractivity contribution in [3.8, 4) is 0 Å². The second-order valence-corrected chi connectivity index (χ2v) is 7.50. The summed E-state index contributed by atoms with van der Waals surface area (Å²) in [7, 11) is 0. The highest BCUT2D eigenvalue weighted by Gasteiger charge is 2.18. The van der Waals surface area contributed by atoms with E-state index in [9.17, 15) is 0 Å². The van der Waals surface area contributed by atoms with Gasteiger partial charge in [0.1, 0.15) is 0 Å². The molecule has 1 nitrogen and oxygen atoms in total. The molecule has 2 atom stereocenters. The molecular weight excluding hydrogens is 274 g/mol. The van der Waals surface area contributed by atoms with Crippen molar-refractivity contribution in [2.24, 2.45) is 0 Å². The molecule has 0 amide bonds. The van der Waals surface area contributed by atoms with E-state index in [0.29, 0.717) is 12.1 Å². The monoisotopic (exact) mass is 299 g/mol. The maximum Gasteiger partial charge on any atom is 0.0391 e. The van der Waals surface area contributed by atoms with Crippen LogP contribution in [0.15, 0.2) is 30.3 Å². The Kier molecular flexibility index (Phi) is 4.46. The molecule has 1 heterocycles. The fourth-order valence-electron chi connectivity index (χ4n) is 3.22. The van der Waals surface area contributed by atoms with Crippen molar-refractivity contribution in [3.63, 3.8) is 0 Å². The van der Waals surface area contributed by atoms with Gasteiger partial charge >= 0.3 is 0 Å². The molecule has 0 spiro atoms. The second kappa shape index (κ2) is 6.33. The Balaban J connectivity index is 1.70. The van der Waals surface area contributed by atoms with Gasteiger partial charge in [0.05, 0.1) is 0 Å². The first-order valence-corrected chi connectivity index (χ1v) is 8.89. The number of rotatable bonds is 4. The van der Waals surface area contributed by atoms with Crippen molar-refractivity contribution in [3.05, 3.63) is 56.8 Å². The molecule has 1 aromatic carbocycles. The number of hydrogen-bond donors (Lipinski definition) is 1. The molecule has 0 saturated carbocycles. The topological polar surface area (TPSA) is 12.0 Å².